The van der Waals surface area contributed by atoms with E-state index in [0.29, 0.717) is 17.2 Å². The number of amides is 1. The highest BCUT2D eigenvalue weighted by Crippen LogP contribution is 2.24. The summed E-state index contributed by atoms with van der Waals surface area (Å²) in [5, 5.41) is 0. The Labute approximate surface area is 183 Å². The van der Waals surface area contributed by atoms with Crippen LogP contribution in [-0.4, -0.2) is 72.1 Å². The van der Waals surface area contributed by atoms with Crippen molar-refractivity contribution in [1.82, 2.24) is 14.8 Å². The van der Waals surface area contributed by atoms with E-state index in [9.17, 15) is 9.59 Å². The Morgan fingerprint density at radius 3 is 2.10 bits per heavy atom. The van der Waals surface area contributed by atoms with Crippen molar-refractivity contribution in [2.75, 3.05) is 33.3 Å². The molecule has 0 N–H and O–H groups in total. The normalized spacial score (nSPS) is 18.5. The number of likely N-dealkylation sites (tertiary alicyclic amines) is 2. The van der Waals surface area contributed by atoms with Gasteiger partial charge in [0.25, 0.3) is 5.91 Å². The molecule has 2 aliphatic rings. The lowest BCUT2D eigenvalue weighted by Gasteiger charge is -2.41. The van der Waals surface area contributed by atoms with Gasteiger partial charge in [0.05, 0.1) is 12.7 Å². The molecule has 1 amide bonds. The molecule has 2 fully saturated rings. The highest BCUT2D eigenvalue weighted by atomic mass is 16.5. The first-order chi connectivity index (χ1) is 15.1. The molecule has 1 aromatic heterocycles. The summed E-state index contributed by atoms with van der Waals surface area (Å²) in [5.74, 6) is 0.522. The van der Waals surface area contributed by atoms with Gasteiger partial charge < -0.3 is 14.4 Å². The van der Waals surface area contributed by atoms with Gasteiger partial charge in [-0.25, -0.2) is 4.79 Å². The quantitative estimate of drug-likeness (QED) is 0.689. The highest BCUT2D eigenvalue weighted by molar-refractivity contribution is 5.96. The van der Waals surface area contributed by atoms with E-state index in [-0.39, 0.29) is 12.0 Å². The van der Waals surface area contributed by atoms with E-state index < -0.39 is 5.97 Å². The smallest absolute Gasteiger partial charge is 0.337 e. The molecule has 7 heteroatoms. The van der Waals surface area contributed by atoms with Crippen molar-refractivity contribution in [2.45, 2.75) is 37.8 Å². The molecular formula is C24H29N3O4. The van der Waals surface area contributed by atoms with Gasteiger partial charge in [0, 0.05) is 50.2 Å². The zero-order valence-corrected chi connectivity index (χ0v) is 17.9. The number of esters is 1. The van der Waals surface area contributed by atoms with Crippen molar-refractivity contribution in [3.8, 4) is 5.75 Å². The predicted molar refractivity (Wildman–Crippen MR) is 116 cm³/mol. The summed E-state index contributed by atoms with van der Waals surface area (Å²) in [5.41, 5.74) is 1.06. The molecule has 0 atom stereocenters. The first kappa shape index (κ1) is 21.3. The third kappa shape index (κ3) is 5.22. The number of nitrogens with zero attached hydrogens (tertiary/aromatic N) is 3. The van der Waals surface area contributed by atoms with Gasteiger partial charge in [0.1, 0.15) is 11.9 Å². The molecular weight excluding hydrogens is 394 g/mol. The molecule has 7 nitrogen and oxygen atoms in total. The van der Waals surface area contributed by atoms with Crippen LogP contribution in [0.25, 0.3) is 0 Å². The van der Waals surface area contributed by atoms with Crippen LogP contribution in [0.5, 0.6) is 5.75 Å². The third-order valence-electron chi connectivity index (χ3n) is 6.25. The molecule has 0 bridgehead atoms. The minimum atomic E-state index is -0.394. The summed E-state index contributed by atoms with van der Waals surface area (Å²) < 4.78 is 10.8. The van der Waals surface area contributed by atoms with Crippen molar-refractivity contribution in [1.29, 1.82) is 0 Å². The van der Waals surface area contributed by atoms with Crippen molar-refractivity contribution in [3.05, 3.63) is 59.9 Å². The summed E-state index contributed by atoms with van der Waals surface area (Å²) in [6.07, 6.45) is 7.79. The number of carbonyl (C=O) groups is 2. The molecule has 0 aliphatic carbocycles. The molecule has 2 aromatic rings. The highest BCUT2D eigenvalue weighted by Gasteiger charge is 2.30. The van der Waals surface area contributed by atoms with Gasteiger partial charge in [0.2, 0.25) is 0 Å². The van der Waals surface area contributed by atoms with Crippen LogP contribution in [0.15, 0.2) is 48.8 Å². The lowest BCUT2D eigenvalue weighted by atomic mass is 9.98. The SMILES string of the molecule is COC(=O)c1ccc(C(=O)N2CCC(N3CCC(Oc4ccncc4)CC3)CC2)cc1. The Kier molecular flexibility index (Phi) is 6.82. The molecule has 2 saturated heterocycles. The van der Waals surface area contributed by atoms with E-state index in [2.05, 4.69) is 9.88 Å². The number of aromatic nitrogens is 1. The summed E-state index contributed by atoms with van der Waals surface area (Å²) in [6, 6.07) is 11.0. The van der Waals surface area contributed by atoms with Crippen LogP contribution in [0.4, 0.5) is 0 Å². The maximum Gasteiger partial charge on any atom is 0.337 e. The number of ether oxygens (including phenoxy) is 2. The molecule has 164 valence electrons. The first-order valence-electron chi connectivity index (χ1n) is 10.9. The van der Waals surface area contributed by atoms with Gasteiger partial charge in [-0.05, 0) is 62.1 Å². The van der Waals surface area contributed by atoms with Gasteiger partial charge in [-0.3, -0.25) is 14.7 Å². The second-order valence-electron chi connectivity index (χ2n) is 8.13. The van der Waals surface area contributed by atoms with E-state index in [1.165, 1.54) is 7.11 Å². The number of piperidine rings is 2. The van der Waals surface area contributed by atoms with Gasteiger partial charge in [0.15, 0.2) is 0 Å². The zero-order chi connectivity index (χ0) is 21.6. The molecule has 2 aliphatic heterocycles. The number of benzene rings is 1. The van der Waals surface area contributed by atoms with Gasteiger partial charge in [-0.2, -0.15) is 0 Å². The number of hydrogen-bond acceptors (Lipinski definition) is 6. The van der Waals surface area contributed by atoms with E-state index in [1.807, 2.05) is 17.0 Å². The lowest BCUT2D eigenvalue weighted by Crippen LogP contribution is -2.50. The number of hydrogen-bond donors (Lipinski definition) is 0. The minimum Gasteiger partial charge on any atom is -0.490 e. The Morgan fingerprint density at radius 1 is 0.871 bits per heavy atom. The predicted octanol–water partition coefficient (Wildman–Crippen LogP) is 3.02. The second-order valence-corrected chi connectivity index (χ2v) is 8.13. The Balaban J connectivity index is 1.23. The molecule has 31 heavy (non-hydrogen) atoms. The monoisotopic (exact) mass is 423 g/mol. The first-order valence-corrected chi connectivity index (χ1v) is 10.9. The average Bonchev–Trinajstić information content (AvgIpc) is 2.84. The molecule has 0 saturated carbocycles. The van der Waals surface area contributed by atoms with E-state index in [1.54, 1.807) is 36.7 Å². The molecule has 0 spiro atoms. The maximum absolute atomic E-state index is 12.8. The summed E-state index contributed by atoms with van der Waals surface area (Å²) in [6.45, 7) is 3.58. The van der Waals surface area contributed by atoms with Crippen LogP contribution in [-0.2, 0) is 4.74 Å². The second kappa shape index (κ2) is 9.92. The van der Waals surface area contributed by atoms with Gasteiger partial charge in [-0.1, -0.05) is 0 Å². The molecule has 1 aromatic carbocycles. The summed E-state index contributed by atoms with van der Waals surface area (Å²) in [4.78, 5) is 32.9. The Bertz CT molecular complexity index is 871. The fraction of sp³-hybridized carbons (Fsp3) is 0.458. The van der Waals surface area contributed by atoms with E-state index in [0.717, 1.165) is 57.6 Å². The number of rotatable bonds is 5. The average molecular weight is 424 g/mol. The summed E-state index contributed by atoms with van der Waals surface area (Å²) in [7, 11) is 1.35. The van der Waals surface area contributed by atoms with Gasteiger partial charge in [-0.15, -0.1) is 0 Å². The fourth-order valence-corrected chi connectivity index (χ4v) is 4.45. The van der Waals surface area contributed by atoms with Gasteiger partial charge >= 0.3 is 5.97 Å². The molecule has 0 radical (unpaired) electrons. The van der Waals surface area contributed by atoms with Crippen LogP contribution in [0.1, 0.15) is 46.4 Å². The third-order valence-corrected chi connectivity index (χ3v) is 6.25. The molecule has 3 heterocycles. The standard InChI is InChI=1S/C24H29N3O4/c1-30-24(29)19-4-2-18(3-5-19)23(28)27-14-8-20(9-15-27)26-16-10-22(11-17-26)31-21-6-12-25-13-7-21/h2-7,12-13,20,22H,8-11,14-17H2,1H3. The fourth-order valence-electron chi connectivity index (χ4n) is 4.45. The number of methoxy groups -OCH3 is 1. The van der Waals surface area contributed by atoms with Crippen LogP contribution in [0.3, 0.4) is 0 Å². The number of carbonyl (C=O) groups excluding carboxylic acids is 2. The Morgan fingerprint density at radius 2 is 1.48 bits per heavy atom. The van der Waals surface area contributed by atoms with Crippen molar-refractivity contribution >= 4 is 11.9 Å². The van der Waals surface area contributed by atoms with Crippen LogP contribution in [0.2, 0.25) is 0 Å². The van der Waals surface area contributed by atoms with E-state index in [4.69, 9.17) is 9.47 Å². The maximum atomic E-state index is 12.8. The van der Waals surface area contributed by atoms with Crippen LogP contribution in [0, 0.1) is 0 Å². The summed E-state index contributed by atoms with van der Waals surface area (Å²) >= 11 is 0. The molecule has 0 unspecified atom stereocenters. The van der Waals surface area contributed by atoms with Crippen LogP contribution < -0.4 is 4.74 Å². The van der Waals surface area contributed by atoms with Crippen molar-refractivity contribution < 1.29 is 19.1 Å². The zero-order valence-electron chi connectivity index (χ0n) is 17.9. The lowest BCUT2D eigenvalue weighted by molar-refractivity contribution is 0.0425. The Hall–Kier alpha value is -2.93. The number of pyridine rings is 1. The van der Waals surface area contributed by atoms with Crippen molar-refractivity contribution in [2.24, 2.45) is 0 Å². The van der Waals surface area contributed by atoms with Crippen LogP contribution >= 0.6 is 0 Å². The topological polar surface area (TPSA) is 72.0 Å². The largest absolute Gasteiger partial charge is 0.490 e. The van der Waals surface area contributed by atoms with Crippen molar-refractivity contribution in [3.63, 3.8) is 0 Å². The minimum absolute atomic E-state index is 0.0272. The van der Waals surface area contributed by atoms with E-state index >= 15 is 0 Å². The molecule has 4 rings (SSSR count).